The van der Waals surface area contributed by atoms with Crippen LogP contribution >= 0.6 is 11.6 Å². The molecule has 2 aromatic rings. The van der Waals surface area contributed by atoms with Crippen molar-refractivity contribution < 1.29 is 27.5 Å². The maximum atomic E-state index is 13.6. The minimum Gasteiger partial charge on any atom is -0.378 e. The zero-order valence-corrected chi connectivity index (χ0v) is 22.9. The van der Waals surface area contributed by atoms with Crippen molar-refractivity contribution in [1.82, 2.24) is 19.8 Å². The summed E-state index contributed by atoms with van der Waals surface area (Å²) in [4.78, 5) is 42.6. The molecule has 0 spiro atoms. The number of hydrogen-bond acceptors (Lipinski definition) is 7. The molecule has 3 amide bonds. The van der Waals surface area contributed by atoms with E-state index in [1.165, 1.54) is 9.80 Å². The van der Waals surface area contributed by atoms with Crippen LogP contribution in [0.25, 0.3) is 0 Å². The molecular formula is C26H32ClN5O6S. The lowest BCUT2D eigenvalue weighted by Gasteiger charge is -2.42. The number of nitrogens with zero attached hydrogens (tertiary/aromatic N) is 2. The van der Waals surface area contributed by atoms with Crippen molar-refractivity contribution in [3.63, 3.8) is 0 Å². The molecule has 2 fully saturated rings. The highest BCUT2D eigenvalue weighted by Gasteiger charge is 2.44. The predicted octanol–water partition coefficient (Wildman–Crippen LogP) is 0.363. The molecule has 2 aliphatic heterocycles. The number of sulfonamides is 1. The molecule has 4 N–H and O–H groups in total. The smallest absolute Gasteiger partial charge is 0.251 e. The molecule has 0 bridgehead atoms. The van der Waals surface area contributed by atoms with E-state index in [9.17, 15) is 22.8 Å². The third kappa shape index (κ3) is 7.34. The van der Waals surface area contributed by atoms with Gasteiger partial charge in [0.05, 0.1) is 19.0 Å². The van der Waals surface area contributed by atoms with Crippen molar-refractivity contribution >= 4 is 39.3 Å². The van der Waals surface area contributed by atoms with Gasteiger partial charge in [0.25, 0.3) is 11.8 Å². The normalized spacial score (nSPS) is 18.3. The third-order valence-corrected chi connectivity index (χ3v) is 8.30. The molecule has 0 aromatic heterocycles. The number of amides is 3. The lowest BCUT2D eigenvalue weighted by Crippen LogP contribution is -2.65. The van der Waals surface area contributed by atoms with Crippen LogP contribution in [0.1, 0.15) is 23.1 Å². The van der Waals surface area contributed by atoms with Gasteiger partial charge in [-0.1, -0.05) is 48.0 Å². The first kappa shape index (κ1) is 29.0. The molecular weight excluding hydrogens is 546 g/mol. The molecule has 39 heavy (non-hydrogen) atoms. The lowest BCUT2D eigenvalue weighted by molar-refractivity contribution is -0.154. The number of carbonyl (C=O) groups excluding carboxylic acids is 3. The van der Waals surface area contributed by atoms with E-state index in [4.69, 9.17) is 22.1 Å². The molecule has 1 unspecified atom stereocenters. The number of halogens is 1. The predicted molar refractivity (Wildman–Crippen MR) is 145 cm³/mol. The Morgan fingerprint density at radius 2 is 1.74 bits per heavy atom. The second-order valence-electron chi connectivity index (χ2n) is 9.40. The van der Waals surface area contributed by atoms with Gasteiger partial charge in [0.15, 0.2) is 6.04 Å². The largest absolute Gasteiger partial charge is 0.378 e. The van der Waals surface area contributed by atoms with Gasteiger partial charge in [0.1, 0.15) is 6.04 Å². The van der Waals surface area contributed by atoms with E-state index in [2.05, 4.69) is 10.0 Å². The summed E-state index contributed by atoms with van der Waals surface area (Å²) in [6.07, 6.45) is 0.381. The number of nitrogens with two attached hydrogens (primary N) is 1. The van der Waals surface area contributed by atoms with E-state index in [-0.39, 0.29) is 45.9 Å². The van der Waals surface area contributed by atoms with Crippen molar-refractivity contribution in [2.75, 3.05) is 32.8 Å². The Morgan fingerprint density at radius 1 is 1.03 bits per heavy atom. The van der Waals surface area contributed by atoms with E-state index in [0.29, 0.717) is 17.0 Å². The molecule has 2 atom stereocenters. The summed E-state index contributed by atoms with van der Waals surface area (Å²) in [6.45, 7) is 1.68. The molecule has 210 valence electrons. The highest BCUT2D eigenvalue weighted by Crippen LogP contribution is 2.21. The van der Waals surface area contributed by atoms with E-state index in [1.807, 2.05) is 0 Å². The summed E-state index contributed by atoms with van der Waals surface area (Å²) in [7, 11) is -4.08. The Bertz CT molecular complexity index is 1300. The Labute approximate surface area is 232 Å². The van der Waals surface area contributed by atoms with Crippen molar-refractivity contribution in [2.45, 2.75) is 37.3 Å². The monoisotopic (exact) mass is 577 g/mol. The molecule has 4 rings (SSSR count). The minimum atomic E-state index is -4.08. The van der Waals surface area contributed by atoms with Gasteiger partial charge in [-0.2, -0.15) is 4.72 Å². The van der Waals surface area contributed by atoms with Gasteiger partial charge in [0, 0.05) is 37.7 Å². The molecule has 0 radical (unpaired) electrons. The average molecular weight is 578 g/mol. The number of nitrogens with one attached hydrogen (secondary N) is 2. The zero-order chi connectivity index (χ0) is 28.0. The summed E-state index contributed by atoms with van der Waals surface area (Å²) in [5.74, 6) is -2.25. The molecule has 2 heterocycles. The average Bonchev–Trinajstić information content (AvgIpc) is 2.90. The van der Waals surface area contributed by atoms with Crippen molar-refractivity contribution in [3.8, 4) is 0 Å². The number of benzene rings is 2. The van der Waals surface area contributed by atoms with Crippen LogP contribution in [0.5, 0.6) is 0 Å². The maximum absolute atomic E-state index is 13.6. The molecule has 0 saturated carbocycles. The Hall–Kier alpha value is -3.03. The fourth-order valence-corrected chi connectivity index (χ4v) is 6.01. The van der Waals surface area contributed by atoms with Crippen LogP contribution in [0.2, 0.25) is 5.02 Å². The Morgan fingerprint density at radius 3 is 2.38 bits per heavy atom. The van der Waals surface area contributed by atoms with Crippen molar-refractivity contribution in [3.05, 3.63) is 70.2 Å². The molecule has 2 saturated heterocycles. The minimum absolute atomic E-state index is 0.157. The summed E-state index contributed by atoms with van der Waals surface area (Å²) in [5, 5.41) is 3.31. The van der Waals surface area contributed by atoms with Gasteiger partial charge in [-0.25, -0.2) is 8.42 Å². The number of carbonyl (C=O) groups is 3. The van der Waals surface area contributed by atoms with Crippen LogP contribution in [0, 0.1) is 0 Å². The zero-order valence-electron chi connectivity index (χ0n) is 21.3. The van der Waals surface area contributed by atoms with Crippen LogP contribution in [0.3, 0.4) is 0 Å². The van der Waals surface area contributed by atoms with Gasteiger partial charge in [0.2, 0.25) is 15.9 Å². The number of morpholine rings is 1. The van der Waals surface area contributed by atoms with Crippen LogP contribution < -0.4 is 15.8 Å². The van der Waals surface area contributed by atoms with Crippen LogP contribution in [-0.2, 0) is 48.0 Å². The maximum Gasteiger partial charge on any atom is 0.251 e. The van der Waals surface area contributed by atoms with E-state index >= 15 is 0 Å². The van der Waals surface area contributed by atoms with Gasteiger partial charge < -0.3 is 25.6 Å². The first-order chi connectivity index (χ1) is 18.7. The first-order valence-electron chi connectivity index (χ1n) is 12.6. The van der Waals surface area contributed by atoms with E-state index in [0.717, 1.165) is 11.1 Å². The first-order valence-corrected chi connectivity index (χ1v) is 14.7. The summed E-state index contributed by atoms with van der Waals surface area (Å²) in [6, 6.07) is 11.1. The highest BCUT2D eigenvalue weighted by molar-refractivity contribution is 7.88. The van der Waals surface area contributed by atoms with Gasteiger partial charge in [-0.15, -0.1) is 0 Å². The van der Waals surface area contributed by atoms with Gasteiger partial charge in [-0.3, -0.25) is 14.4 Å². The fraction of sp³-hybridized carbons (Fsp3) is 0.423. The molecule has 0 aliphatic carbocycles. The quantitative estimate of drug-likeness (QED) is 0.345. The van der Waals surface area contributed by atoms with Crippen molar-refractivity contribution in [1.29, 1.82) is 0 Å². The van der Waals surface area contributed by atoms with Gasteiger partial charge >= 0.3 is 0 Å². The highest BCUT2D eigenvalue weighted by atomic mass is 35.5. The van der Waals surface area contributed by atoms with Crippen LogP contribution in [0.15, 0.2) is 48.5 Å². The second kappa shape index (κ2) is 12.9. The van der Waals surface area contributed by atoms with Crippen LogP contribution in [0.4, 0.5) is 0 Å². The molecule has 13 heteroatoms. The van der Waals surface area contributed by atoms with Crippen molar-refractivity contribution in [2.24, 2.45) is 5.73 Å². The Kier molecular flexibility index (Phi) is 9.57. The number of rotatable bonds is 10. The Balaban J connectivity index is 1.48. The molecule has 2 aliphatic rings. The second-order valence-corrected chi connectivity index (χ2v) is 11.6. The summed E-state index contributed by atoms with van der Waals surface area (Å²) < 4.78 is 33.6. The third-order valence-electron chi connectivity index (χ3n) is 6.76. The SMILES string of the molecule is NCc1ccc(Cl)cc1CNC(=O)[C@@H]1CCN1C(=O)C(NS(=O)(=O)Cc1ccccc1)C(=O)N1CCOCC1. The van der Waals surface area contributed by atoms with Crippen LogP contribution in [-0.4, -0.2) is 80.9 Å². The van der Waals surface area contributed by atoms with E-state index < -0.39 is 45.6 Å². The topological polar surface area (TPSA) is 151 Å². The van der Waals surface area contributed by atoms with E-state index in [1.54, 1.807) is 48.5 Å². The lowest BCUT2D eigenvalue weighted by atomic mass is 9.99. The molecule has 11 nitrogen and oxygen atoms in total. The molecule has 2 aromatic carbocycles. The number of hydrogen-bond donors (Lipinski definition) is 3. The summed E-state index contributed by atoms with van der Waals surface area (Å²) >= 11 is 6.08. The number of ether oxygens (including phenoxy) is 1. The fourth-order valence-electron chi connectivity index (χ4n) is 4.54. The van der Waals surface area contributed by atoms with Gasteiger partial charge in [-0.05, 0) is 35.2 Å². The summed E-state index contributed by atoms with van der Waals surface area (Å²) in [5.41, 5.74) is 7.87. The number of likely N-dealkylation sites (tertiary alicyclic amines) is 1. The standard InChI is InChI=1S/C26H32ClN5O6S/c27-21-7-6-19(15-28)20(14-21)16-29-24(33)22-8-9-32(22)26(35)23(25(34)31-10-12-38-13-11-31)30-39(36,37)17-18-4-2-1-3-5-18/h1-7,14,22-23,30H,8-13,15-17,28H2,(H,29,33)/t22-,23?/m0/s1.